The first-order chi connectivity index (χ1) is 10.7. The number of benzene rings is 1. The molecule has 1 aromatic carbocycles. The zero-order valence-electron chi connectivity index (χ0n) is 12.0. The van der Waals surface area contributed by atoms with Crippen molar-refractivity contribution in [2.24, 2.45) is 0 Å². The molecule has 0 aliphatic rings. The Morgan fingerprint density at radius 1 is 1.23 bits per heavy atom. The van der Waals surface area contributed by atoms with Crippen molar-refractivity contribution in [2.75, 3.05) is 14.2 Å². The first-order valence-corrected chi connectivity index (χ1v) is 7.34. The fourth-order valence-corrected chi connectivity index (χ4v) is 2.72. The SMILES string of the molecule is COC(=O)c1c(-c2cc(Br)ccc2OC)nn2ccccc12. The highest BCUT2D eigenvalue weighted by Crippen LogP contribution is 2.35. The predicted molar refractivity (Wildman–Crippen MR) is 86.2 cm³/mol. The minimum Gasteiger partial charge on any atom is -0.496 e. The Morgan fingerprint density at radius 3 is 2.77 bits per heavy atom. The lowest BCUT2D eigenvalue weighted by atomic mass is 10.1. The molecule has 3 aromatic rings. The number of carbonyl (C=O) groups excluding carboxylic acids is 1. The number of carbonyl (C=O) groups is 1. The largest absolute Gasteiger partial charge is 0.496 e. The third kappa shape index (κ3) is 2.35. The normalized spacial score (nSPS) is 10.7. The van der Waals surface area contributed by atoms with Crippen molar-refractivity contribution in [3.8, 4) is 17.0 Å². The van der Waals surface area contributed by atoms with Gasteiger partial charge in [-0.3, -0.25) is 0 Å². The van der Waals surface area contributed by atoms with Crippen LogP contribution in [-0.4, -0.2) is 29.8 Å². The maximum atomic E-state index is 12.2. The minimum absolute atomic E-state index is 0.416. The van der Waals surface area contributed by atoms with Crippen LogP contribution in [0, 0.1) is 0 Å². The van der Waals surface area contributed by atoms with E-state index in [2.05, 4.69) is 21.0 Å². The number of hydrogen-bond acceptors (Lipinski definition) is 4. The Hall–Kier alpha value is -2.34. The number of pyridine rings is 1. The standard InChI is InChI=1S/C16H13BrN2O3/c1-21-13-7-6-10(17)9-11(13)15-14(16(20)22-2)12-5-3-4-8-19(12)18-15/h3-9H,1-2H3. The summed E-state index contributed by atoms with van der Waals surface area (Å²) in [4.78, 5) is 12.2. The van der Waals surface area contributed by atoms with Crippen LogP contribution in [0.3, 0.4) is 0 Å². The number of esters is 1. The summed E-state index contributed by atoms with van der Waals surface area (Å²) in [5.74, 6) is 0.204. The van der Waals surface area contributed by atoms with Crippen LogP contribution in [0.15, 0.2) is 47.1 Å². The zero-order valence-corrected chi connectivity index (χ0v) is 13.6. The van der Waals surface area contributed by atoms with Crippen LogP contribution < -0.4 is 4.74 Å². The molecule has 0 saturated heterocycles. The lowest BCUT2D eigenvalue weighted by Crippen LogP contribution is -2.03. The maximum absolute atomic E-state index is 12.2. The Morgan fingerprint density at radius 2 is 2.05 bits per heavy atom. The smallest absolute Gasteiger partial charge is 0.342 e. The van der Waals surface area contributed by atoms with Crippen molar-refractivity contribution < 1.29 is 14.3 Å². The molecule has 0 saturated carbocycles. The Balaban J connectivity index is 2.36. The number of methoxy groups -OCH3 is 2. The molecule has 22 heavy (non-hydrogen) atoms. The summed E-state index contributed by atoms with van der Waals surface area (Å²) in [6.45, 7) is 0. The number of hydrogen-bond donors (Lipinski definition) is 0. The molecular weight excluding hydrogens is 348 g/mol. The van der Waals surface area contributed by atoms with Gasteiger partial charge in [0.15, 0.2) is 0 Å². The summed E-state index contributed by atoms with van der Waals surface area (Å²) < 4.78 is 12.8. The van der Waals surface area contributed by atoms with Gasteiger partial charge in [0.2, 0.25) is 0 Å². The average Bonchev–Trinajstić information content (AvgIpc) is 2.93. The molecule has 0 aliphatic heterocycles. The molecule has 0 aliphatic carbocycles. The topological polar surface area (TPSA) is 52.8 Å². The van der Waals surface area contributed by atoms with E-state index in [4.69, 9.17) is 9.47 Å². The highest BCUT2D eigenvalue weighted by atomic mass is 79.9. The third-order valence-electron chi connectivity index (χ3n) is 3.35. The van der Waals surface area contributed by atoms with Gasteiger partial charge in [0, 0.05) is 16.2 Å². The van der Waals surface area contributed by atoms with E-state index in [9.17, 15) is 4.79 Å². The highest BCUT2D eigenvalue weighted by Gasteiger charge is 2.23. The zero-order chi connectivity index (χ0) is 15.7. The van der Waals surface area contributed by atoms with Crippen LogP contribution in [0.25, 0.3) is 16.8 Å². The van der Waals surface area contributed by atoms with E-state index in [-0.39, 0.29) is 0 Å². The van der Waals surface area contributed by atoms with Crippen LogP contribution in [0.4, 0.5) is 0 Å². The maximum Gasteiger partial charge on any atom is 0.342 e. The van der Waals surface area contributed by atoms with Crippen LogP contribution in [-0.2, 0) is 4.74 Å². The van der Waals surface area contributed by atoms with Gasteiger partial charge in [0.25, 0.3) is 0 Å². The van der Waals surface area contributed by atoms with Gasteiger partial charge >= 0.3 is 5.97 Å². The highest BCUT2D eigenvalue weighted by molar-refractivity contribution is 9.10. The van der Waals surface area contributed by atoms with Crippen LogP contribution in [0.1, 0.15) is 10.4 Å². The number of ether oxygens (including phenoxy) is 2. The molecule has 0 atom stereocenters. The van der Waals surface area contributed by atoms with Gasteiger partial charge in [0.1, 0.15) is 17.0 Å². The van der Waals surface area contributed by atoms with Gasteiger partial charge < -0.3 is 9.47 Å². The summed E-state index contributed by atoms with van der Waals surface area (Å²) in [6.07, 6.45) is 1.79. The van der Waals surface area contributed by atoms with E-state index in [1.54, 1.807) is 17.8 Å². The van der Waals surface area contributed by atoms with E-state index in [0.29, 0.717) is 22.5 Å². The van der Waals surface area contributed by atoms with Gasteiger partial charge in [-0.05, 0) is 30.3 Å². The molecule has 2 aromatic heterocycles. The molecule has 0 spiro atoms. The van der Waals surface area contributed by atoms with E-state index in [1.807, 2.05) is 36.4 Å². The molecule has 6 heteroatoms. The number of aromatic nitrogens is 2. The summed E-state index contributed by atoms with van der Waals surface area (Å²) in [6, 6.07) is 11.1. The van der Waals surface area contributed by atoms with Gasteiger partial charge in [-0.25, -0.2) is 9.31 Å². The van der Waals surface area contributed by atoms with Crippen molar-refractivity contribution in [3.63, 3.8) is 0 Å². The second-order valence-corrected chi connectivity index (χ2v) is 5.51. The molecule has 0 unspecified atom stereocenters. The Labute approximate surface area is 135 Å². The van der Waals surface area contributed by atoms with Crippen molar-refractivity contribution in [2.45, 2.75) is 0 Å². The molecule has 0 bridgehead atoms. The number of fused-ring (bicyclic) bond motifs is 1. The number of nitrogens with zero attached hydrogens (tertiary/aromatic N) is 2. The van der Waals surface area contributed by atoms with Crippen molar-refractivity contribution in [3.05, 3.63) is 52.6 Å². The van der Waals surface area contributed by atoms with Gasteiger partial charge in [-0.15, -0.1) is 0 Å². The summed E-state index contributed by atoms with van der Waals surface area (Å²) in [7, 11) is 2.94. The van der Waals surface area contributed by atoms with Gasteiger partial charge in [-0.2, -0.15) is 5.10 Å². The second kappa shape index (κ2) is 5.81. The quantitative estimate of drug-likeness (QED) is 0.670. The molecule has 0 fully saturated rings. The molecule has 0 amide bonds. The molecule has 0 N–H and O–H groups in total. The monoisotopic (exact) mass is 360 g/mol. The van der Waals surface area contributed by atoms with E-state index in [0.717, 1.165) is 10.0 Å². The fraction of sp³-hybridized carbons (Fsp3) is 0.125. The molecule has 3 rings (SSSR count). The molecule has 112 valence electrons. The first kappa shape index (κ1) is 14.6. The van der Waals surface area contributed by atoms with Crippen LogP contribution in [0.5, 0.6) is 5.75 Å². The van der Waals surface area contributed by atoms with E-state index < -0.39 is 5.97 Å². The summed E-state index contributed by atoms with van der Waals surface area (Å²) in [5.41, 5.74) is 2.35. The lowest BCUT2D eigenvalue weighted by molar-refractivity contribution is 0.0604. The average molecular weight is 361 g/mol. The Bertz CT molecular complexity index is 858. The lowest BCUT2D eigenvalue weighted by Gasteiger charge is -2.08. The van der Waals surface area contributed by atoms with E-state index >= 15 is 0 Å². The minimum atomic E-state index is -0.432. The second-order valence-electron chi connectivity index (χ2n) is 4.59. The van der Waals surface area contributed by atoms with Crippen molar-refractivity contribution >= 4 is 27.4 Å². The molecular formula is C16H13BrN2O3. The van der Waals surface area contributed by atoms with Crippen LogP contribution in [0.2, 0.25) is 0 Å². The molecule has 2 heterocycles. The molecule has 0 radical (unpaired) electrons. The van der Waals surface area contributed by atoms with Crippen LogP contribution >= 0.6 is 15.9 Å². The van der Waals surface area contributed by atoms with E-state index in [1.165, 1.54) is 7.11 Å². The number of rotatable bonds is 3. The predicted octanol–water partition coefficient (Wildman–Crippen LogP) is 3.56. The fourth-order valence-electron chi connectivity index (χ4n) is 2.36. The summed E-state index contributed by atoms with van der Waals surface area (Å²) in [5, 5.41) is 4.52. The first-order valence-electron chi connectivity index (χ1n) is 6.55. The number of halogens is 1. The van der Waals surface area contributed by atoms with Gasteiger partial charge in [-0.1, -0.05) is 22.0 Å². The molecule has 5 nitrogen and oxygen atoms in total. The summed E-state index contributed by atoms with van der Waals surface area (Å²) >= 11 is 3.44. The third-order valence-corrected chi connectivity index (χ3v) is 3.84. The van der Waals surface area contributed by atoms with Crippen molar-refractivity contribution in [1.82, 2.24) is 9.61 Å². The Kier molecular flexibility index (Phi) is 3.85. The van der Waals surface area contributed by atoms with Gasteiger partial charge in [0.05, 0.1) is 19.7 Å². The van der Waals surface area contributed by atoms with Crippen molar-refractivity contribution in [1.29, 1.82) is 0 Å².